The van der Waals surface area contributed by atoms with Crippen molar-refractivity contribution < 1.29 is 14.2 Å². The molecule has 2 heterocycles. The maximum atomic E-state index is 12.8. The molecule has 0 N–H and O–H groups in total. The third kappa shape index (κ3) is 5.23. The molecule has 0 aliphatic heterocycles. The second kappa shape index (κ2) is 9.87. The third-order valence-electron chi connectivity index (χ3n) is 4.80. The maximum absolute atomic E-state index is 12.8. The Morgan fingerprint density at radius 1 is 1.00 bits per heavy atom. The highest BCUT2D eigenvalue weighted by Crippen LogP contribution is 2.28. The number of ether oxygens (including phenoxy) is 3. The molecule has 0 spiro atoms. The average Bonchev–Trinajstić information content (AvgIpc) is 3.35. The van der Waals surface area contributed by atoms with Crippen LogP contribution in [0.3, 0.4) is 0 Å². The first-order valence-electron chi connectivity index (χ1n) is 10.5. The number of hydrogen-bond donors (Lipinski definition) is 0. The number of aromatic nitrogens is 3. The molecule has 0 atom stereocenters. The fourth-order valence-electron chi connectivity index (χ4n) is 3.11. The lowest BCUT2D eigenvalue weighted by atomic mass is 10.2. The topological polar surface area (TPSA) is 75.0 Å². The number of rotatable bonds is 8. The van der Waals surface area contributed by atoms with Crippen molar-refractivity contribution in [2.75, 3.05) is 20.8 Å². The van der Waals surface area contributed by atoms with Crippen molar-refractivity contribution in [2.45, 2.75) is 13.8 Å². The van der Waals surface area contributed by atoms with Gasteiger partial charge in [-0.25, -0.2) is 0 Å². The van der Waals surface area contributed by atoms with Gasteiger partial charge >= 0.3 is 0 Å². The molecule has 0 aliphatic carbocycles. The summed E-state index contributed by atoms with van der Waals surface area (Å²) in [6.07, 6.45) is 5.49. The van der Waals surface area contributed by atoms with Gasteiger partial charge in [-0.05, 0) is 53.5 Å². The van der Waals surface area contributed by atoms with Gasteiger partial charge in [-0.15, -0.1) is 5.10 Å². The van der Waals surface area contributed by atoms with Crippen LogP contribution >= 0.6 is 11.3 Å². The van der Waals surface area contributed by atoms with Crippen molar-refractivity contribution in [1.82, 2.24) is 14.6 Å². The van der Waals surface area contributed by atoms with Crippen molar-refractivity contribution in [3.63, 3.8) is 0 Å². The molecule has 2 aromatic heterocycles. The van der Waals surface area contributed by atoms with Gasteiger partial charge in [-0.3, -0.25) is 4.79 Å². The average molecular weight is 464 g/mol. The van der Waals surface area contributed by atoms with E-state index in [0.717, 1.165) is 16.9 Å². The SMILES string of the molecule is COc1ccc(/C=C/c2nc3s/c(=C/c4ccc(OCC(C)C)c(OC)c4)c(=O)n3n2)cc1. The van der Waals surface area contributed by atoms with Crippen LogP contribution in [0.25, 0.3) is 23.2 Å². The van der Waals surface area contributed by atoms with Gasteiger partial charge < -0.3 is 14.2 Å². The Labute approximate surface area is 195 Å². The van der Waals surface area contributed by atoms with Crippen LogP contribution in [-0.4, -0.2) is 35.4 Å². The number of benzene rings is 2. The van der Waals surface area contributed by atoms with Crippen LogP contribution in [0.15, 0.2) is 47.3 Å². The lowest BCUT2D eigenvalue weighted by Gasteiger charge is -2.12. The van der Waals surface area contributed by atoms with Crippen molar-refractivity contribution in [2.24, 2.45) is 5.92 Å². The van der Waals surface area contributed by atoms with Crippen LogP contribution in [-0.2, 0) is 0 Å². The van der Waals surface area contributed by atoms with E-state index in [1.54, 1.807) is 20.3 Å². The van der Waals surface area contributed by atoms with Gasteiger partial charge in [-0.1, -0.05) is 49.5 Å². The zero-order chi connectivity index (χ0) is 23.4. The van der Waals surface area contributed by atoms with Gasteiger partial charge in [0.05, 0.1) is 25.4 Å². The Morgan fingerprint density at radius 2 is 1.76 bits per heavy atom. The second-order valence-electron chi connectivity index (χ2n) is 7.80. The number of methoxy groups -OCH3 is 2. The first kappa shape index (κ1) is 22.5. The Hall–Kier alpha value is -3.65. The minimum absolute atomic E-state index is 0.203. The molecular weight excluding hydrogens is 438 g/mol. The minimum atomic E-state index is -0.203. The van der Waals surface area contributed by atoms with Crippen LogP contribution in [0.1, 0.15) is 30.8 Å². The molecule has 0 aliphatic rings. The first-order valence-corrected chi connectivity index (χ1v) is 11.3. The van der Waals surface area contributed by atoms with E-state index in [-0.39, 0.29) is 5.56 Å². The number of fused-ring (bicyclic) bond motifs is 1. The zero-order valence-corrected chi connectivity index (χ0v) is 19.8. The van der Waals surface area contributed by atoms with Gasteiger partial charge in [0, 0.05) is 0 Å². The van der Waals surface area contributed by atoms with Gasteiger partial charge in [0.1, 0.15) is 5.75 Å². The van der Waals surface area contributed by atoms with E-state index in [0.29, 0.717) is 39.3 Å². The van der Waals surface area contributed by atoms with E-state index in [9.17, 15) is 4.79 Å². The molecule has 0 amide bonds. The highest BCUT2D eigenvalue weighted by molar-refractivity contribution is 7.15. The predicted molar refractivity (Wildman–Crippen MR) is 131 cm³/mol. The number of thiazole rings is 1. The van der Waals surface area contributed by atoms with E-state index in [2.05, 4.69) is 23.9 Å². The molecule has 0 fully saturated rings. The van der Waals surface area contributed by atoms with Crippen molar-refractivity contribution in [1.29, 1.82) is 0 Å². The van der Waals surface area contributed by atoms with Crippen molar-refractivity contribution in [3.8, 4) is 17.2 Å². The Morgan fingerprint density at radius 3 is 2.42 bits per heavy atom. The van der Waals surface area contributed by atoms with Gasteiger partial charge in [0.25, 0.3) is 5.56 Å². The lowest BCUT2D eigenvalue weighted by molar-refractivity contribution is 0.257. The summed E-state index contributed by atoms with van der Waals surface area (Å²) in [5.41, 5.74) is 1.62. The monoisotopic (exact) mass is 463 g/mol. The smallest absolute Gasteiger partial charge is 0.291 e. The van der Waals surface area contributed by atoms with E-state index < -0.39 is 0 Å². The van der Waals surface area contributed by atoms with E-state index in [1.165, 1.54) is 15.9 Å². The van der Waals surface area contributed by atoms with E-state index >= 15 is 0 Å². The largest absolute Gasteiger partial charge is 0.497 e. The molecule has 33 heavy (non-hydrogen) atoms. The van der Waals surface area contributed by atoms with E-state index in [1.807, 2.05) is 54.6 Å². The van der Waals surface area contributed by atoms with Crippen LogP contribution in [0.2, 0.25) is 0 Å². The summed E-state index contributed by atoms with van der Waals surface area (Å²) in [5.74, 6) is 3.00. The highest BCUT2D eigenvalue weighted by atomic mass is 32.1. The molecule has 4 aromatic rings. The summed E-state index contributed by atoms with van der Waals surface area (Å²) < 4.78 is 18.3. The molecule has 2 aromatic carbocycles. The molecule has 4 rings (SSSR count). The molecule has 7 nitrogen and oxygen atoms in total. The molecule has 0 saturated carbocycles. The fraction of sp³-hybridized carbons (Fsp3) is 0.240. The fourth-order valence-corrected chi connectivity index (χ4v) is 4.02. The van der Waals surface area contributed by atoms with Gasteiger partial charge in [0.2, 0.25) is 4.96 Å². The van der Waals surface area contributed by atoms with Gasteiger partial charge in [-0.2, -0.15) is 9.50 Å². The van der Waals surface area contributed by atoms with Crippen molar-refractivity contribution in [3.05, 3.63) is 74.3 Å². The van der Waals surface area contributed by atoms with Crippen LogP contribution < -0.4 is 24.3 Å². The Kier molecular flexibility index (Phi) is 6.74. The third-order valence-corrected chi connectivity index (χ3v) is 5.76. The summed E-state index contributed by atoms with van der Waals surface area (Å²) in [4.78, 5) is 17.8. The number of hydrogen-bond acceptors (Lipinski definition) is 7. The molecule has 0 unspecified atom stereocenters. The molecule has 0 bridgehead atoms. The predicted octanol–water partition coefficient (Wildman–Crippen LogP) is 3.92. The summed E-state index contributed by atoms with van der Waals surface area (Å²) in [6, 6.07) is 13.3. The second-order valence-corrected chi connectivity index (χ2v) is 8.81. The molecule has 8 heteroatoms. The summed E-state index contributed by atoms with van der Waals surface area (Å²) >= 11 is 1.30. The summed E-state index contributed by atoms with van der Waals surface area (Å²) in [6.45, 7) is 4.78. The molecule has 0 saturated heterocycles. The van der Waals surface area contributed by atoms with Crippen molar-refractivity contribution >= 4 is 34.5 Å². The molecular formula is C25H25N3O4S. The van der Waals surface area contributed by atoms with E-state index in [4.69, 9.17) is 14.2 Å². The summed E-state index contributed by atoms with van der Waals surface area (Å²) in [7, 11) is 3.23. The van der Waals surface area contributed by atoms with Crippen LogP contribution in [0.5, 0.6) is 17.2 Å². The Bertz CT molecular complexity index is 1390. The minimum Gasteiger partial charge on any atom is -0.497 e. The lowest BCUT2D eigenvalue weighted by Crippen LogP contribution is -2.23. The Balaban J connectivity index is 1.58. The molecule has 170 valence electrons. The zero-order valence-electron chi connectivity index (χ0n) is 18.9. The van der Waals surface area contributed by atoms with Crippen LogP contribution in [0.4, 0.5) is 0 Å². The maximum Gasteiger partial charge on any atom is 0.291 e. The standard InChI is InChI=1S/C25H25N3O4S/c1-16(2)15-32-20-11-7-18(13-21(20)31-4)14-22-24(29)28-25(33-22)26-23(27-28)12-8-17-5-9-19(30-3)10-6-17/h5-14,16H,15H2,1-4H3/b12-8+,22-14+. The quantitative estimate of drug-likeness (QED) is 0.394. The van der Waals surface area contributed by atoms with Gasteiger partial charge in [0.15, 0.2) is 17.3 Å². The highest BCUT2D eigenvalue weighted by Gasteiger charge is 2.10. The first-order chi connectivity index (χ1) is 16.0. The normalized spacial score (nSPS) is 12.2. The molecule has 0 radical (unpaired) electrons. The number of nitrogens with zero attached hydrogens (tertiary/aromatic N) is 3. The van der Waals surface area contributed by atoms with Crippen LogP contribution in [0, 0.1) is 5.92 Å². The summed E-state index contributed by atoms with van der Waals surface area (Å²) in [5, 5.41) is 4.34.